The van der Waals surface area contributed by atoms with Crippen LogP contribution in [-0.4, -0.2) is 38.4 Å². The number of imidazole rings is 1. The lowest BCUT2D eigenvalue weighted by molar-refractivity contribution is -0.132. The summed E-state index contributed by atoms with van der Waals surface area (Å²) in [4.78, 5) is 23.7. The van der Waals surface area contributed by atoms with Gasteiger partial charge in [0, 0.05) is 36.8 Å². The van der Waals surface area contributed by atoms with Gasteiger partial charge in [0.1, 0.15) is 5.82 Å². The fraction of sp³-hybridized carbons (Fsp3) is 0.611. The van der Waals surface area contributed by atoms with Crippen molar-refractivity contribution in [2.75, 3.05) is 13.1 Å². The maximum atomic E-state index is 12.7. The number of aryl methyl sites for hydroxylation is 1. The summed E-state index contributed by atoms with van der Waals surface area (Å²) in [7, 11) is 0. The molecule has 2 aromatic rings. The summed E-state index contributed by atoms with van der Waals surface area (Å²) < 4.78 is 2.27. The molecule has 130 valence electrons. The van der Waals surface area contributed by atoms with Gasteiger partial charge in [0.05, 0.1) is 23.2 Å². The number of hydrogen-bond acceptors (Lipinski definition) is 4. The summed E-state index contributed by atoms with van der Waals surface area (Å²) >= 11 is 1.65. The number of rotatable bonds is 5. The average Bonchev–Trinajstić information content (AvgIpc) is 3.24. The van der Waals surface area contributed by atoms with E-state index in [0.29, 0.717) is 18.4 Å². The number of piperidine rings is 1. The largest absolute Gasteiger partial charge is 0.340 e. The van der Waals surface area contributed by atoms with E-state index in [4.69, 9.17) is 0 Å². The number of likely N-dealkylation sites (tertiary alicyclic amines) is 1. The summed E-state index contributed by atoms with van der Waals surface area (Å²) in [6.45, 7) is 8.05. The van der Waals surface area contributed by atoms with Crippen molar-refractivity contribution in [2.45, 2.75) is 58.4 Å². The van der Waals surface area contributed by atoms with Crippen molar-refractivity contribution in [1.82, 2.24) is 19.4 Å². The molecule has 3 rings (SSSR count). The van der Waals surface area contributed by atoms with Gasteiger partial charge < -0.3 is 9.47 Å². The first-order chi connectivity index (χ1) is 11.6. The molecule has 0 spiro atoms. The summed E-state index contributed by atoms with van der Waals surface area (Å²) in [6, 6.07) is 0.337. The number of hydrogen-bond donors (Lipinski definition) is 0. The molecule has 0 aromatic carbocycles. The third-order valence-electron chi connectivity index (χ3n) is 4.59. The molecule has 24 heavy (non-hydrogen) atoms. The fourth-order valence-electron chi connectivity index (χ4n) is 3.35. The van der Waals surface area contributed by atoms with E-state index in [-0.39, 0.29) is 5.91 Å². The molecule has 6 heteroatoms. The van der Waals surface area contributed by atoms with Crippen LogP contribution in [0.15, 0.2) is 17.8 Å². The van der Waals surface area contributed by atoms with Crippen LogP contribution in [0.4, 0.5) is 0 Å². The molecule has 0 saturated carbocycles. The van der Waals surface area contributed by atoms with Crippen LogP contribution in [0.25, 0.3) is 0 Å². The lowest BCUT2D eigenvalue weighted by Gasteiger charge is -2.34. The maximum Gasteiger partial charge on any atom is 0.228 e. The molecule has 1 aliphatic rings. The van der Waals surface area contributed by atoms with Gasteiger partial charge in [0.2, 0.25) is 5.91 Å². The molecule has 0 N–H and O–H groups in total. The second-order valence-corrected chi connectivity index (χ2v) is 7.69. The number of amides is 1. The zero-order valence-electron chi connectivity index (χ0n) is 14.7. The smallest absolute Gasteiger partial charge is 0.228 e. The Kier molecular flexibility index (Phi) is 5.33. The van der Waals surface area contributed by atoms with Gasteiger partial charge >= 0.3 is 0 Å². The normalized spacial score (nSPS) is 18.3. The Labute approximate surface area is 147 Å². The molecule has 1 fully saturated rings. The van der Waals surface area contributed by atoms with Crippen LogP contribution in [-0.2, 0) is 17.6 Å². The minimum Gasteiger partial charge on any atom is -0.340 e. The van der Waals surface area contributed by atoms with E-state index in [1.54, 1.807) is 11.3 Å². The van der Waals surface area contributed by atoms with Crippen molar-refractivity contribution in [3.8, 4) is 0 Å². The number of thiazole rings is 1. The fourth-order valence-corrected chi connectivity index (χ4v) is 4.09. The van der Waals surface area contributed by atoms with Gasteiger partial charge in [-0.1, -0.05) is 20.8 Å². The predicted molar refractivity (Wildman–Crippen MR) is 96.4 cm³/mol. The molecule has 0 bridgehead atoms. The van der Waals surface area contributed by atoms with E-state index in [0.717, 1.165) is 48.9 Å². The van der Waals surface area contributed by atoms with Crippen molar-refractivity contribution in [2.24, 2.45) is 0 Å². The van der Waals surface area contributed by atoms with Gasteiger partial charge in [-0.15, -0.1) is 11.3 Å². The Balaban J connectivity index is 1.66. The van der Waals surface area contributed by atoms with Crippen molar-refractivity contribution in [3.05, 3.63) is 34.3 Å². The topological polar surface area (TPSA) is 51.0 Å². The highest BCUT2D eigenvalue weighted by atomic mass is 32.1. The number of aromatic nitrogens is 3. The Hall–Kier alpha value is -1.69. The third-order valence-corrected chi connectivity index (χ3v) is 5.63. The molecule has 1 atom stereocenters. The summed E-state index contributed by atoms with van der Waals surface area (Å²) in [6.07, 6.45) is 7.44. The first kappa shape index (κ1) is 17.1. The summed E-state index contributed by atoms with van der Waals surface area (Å²) in [5.74, 6) is 1.70. The first-order valence-corrected chi connectivity index (χ1v) is 9.70. The zero-order valence-corrected chi connectivity index (χ0v) is 15.6. The maximum absolute atomic E-state index is 12.7. The predicted octanol–water partition coefficient (Wildman–Crippen LogP) is 3.43. The second kappa shape index (κ2) is 7.47. The highest BCUT2D eigenvalue weighted by Crippen LogP contribution is 2.26. The monoisotopic (exact) mass is 346 g/mol. The van der Waals surface area contributed by atoms with Crippen molar-refractivity contribution < 1.29 is 4.79 Å². The number of carbonyl (C=O) groups excluding carboxylic acids is 1. The molecule has 1 saturated heterocycles. The average molecular weight is 347 g/mol. The second-order valence-electron chi connectivity index (χ2n) is 6.75. The van der Waals surface area contributed by atoms with Crippen LogP contribution in [0.5, 0.6) is 0 Å². The van der Waals surface area contributed by atoms with Crippen molar-refractivity contribution >= 4 is 17.2 Å². The quantitative estimate of drug-likeness (QED) is 0.833. The van der Waals surface area contributed by atoms with E-state index < -0.39 is 0 Å². The molecular weight excluding hydrogens is 320 g/mol. The Morgan fingerprint density at radius 3 is 3.00 bits per heavy atom. The van der Waals surface area contributed by atoms with Crippen LogP contribution in [0.1, 0.15) is 62.1 Å². The lowest BCUT2D eigenvalue weighted by Crippen LogP contribution is -2.41. The minimum absolute atomic E-state index is 0.193. The van der Waals surface area contributed by atoms with Gasteiger partial charge in [-0.05, 0) is 19.3 Å². The SMILES string of the molecule is CCc1nc(CC(=O)N2CCCC(n3ccnc3C(C)C)C2)cs1. The van der Waals surface area contributed by atoms with Gasteiger partial charge in [0.25, 0.3) is 0 Å². The number of nitrogens with zero attached hydrogens (tertiary/aromatic N) is 4. The highest BCUT2D eigenvalue weighted by Gasteiger charge is 2.26. The van der Waals surface area contributed by atoms with Crippen LogP contribution in [0.3, 0.4) is 0 Å². The van der Waals surface area contributed by atoms with Crippen LogP contribution in [0.2, 0.25) is 0 Å². The molecule has 3 heterocycles. The highest BCUT2D eigenvalue weighted by molar-refractivity contribution is 7.09. The van der Waals surface area contributed by atoms with E-state index in [1.807, 2.05) is 16.5 Å². The molecule has 1 unspecified atom stereocenters. The van der Waals surface area contributed by atoms with E-state index in [9.17, 15) is 4.79 Å². The van der Waals surface area contributed by atoms with Gasteiger partial charge in [-0.25, -0.2) is 9.97 Å². The zero-order chi connectivity index (χ0) is 17.1. The van der Waals surface area contributed by atoms with E-state index in [2.05, 4.69) is 41.5 Å². The lowest BCUT2D eigenvalue weighted by atomic mass is 10.0. The molecular formula is C18H26N4OS. The van der Waals surface area contributed by atoms with Crippen molar-refractivity contribution in [3.63, 3.8) is 0 Å². The Morgan fingerprint density at radius 2 is 2.29 bits per heavy atom. The van der Waals surface area contributed by atoms with E-state index >= 15 is 0 Å². The molecule has 0 aliphatic carbocycles. The Morgan fingerprint density at radius 1 is 1.46 bits per heavy atom. The van der Waals surface area contributed by atoms with Crippen molar-refractivity contribution in [1.29, 1.82) is 0 Å². The molecule has 5 nitrogen and oxygen atoms in total. The summed E-state index contributed by atoms with van der Waals surface area (Å²) in [5, 5.41) is 3.12. The van der Waals surface area contributed by atoms with Crippen LogP contribution in [0, 0.1) is 0 Å². The molecule has 1 aliphatic heterocycles. The molecule has 0 radical (unpaired) electrons. The molecule has 2 aromatic heterocycles. The summed E-state index contributed by atoms with van der Waals surface area (Å²) in [5.41, 5.74) is 0.912. The standard InChI is InChI=1S/C18H26N4OS/c1-4-16-20-14(12-24-16)10-17(23)21-8-5-6-15(11-21)22-9-7-19-18(22)13(2)3/h7,9,12-13,15H,4-6,8,10-11H2,1-3H3. The molecule has 1 amide bonds. The van der Waals surface area contributed by atoms with Crippen LogP contribution >= 0.6 is 11.3 Å². The van der Waals surface area contributed by atoms with Crippen LogP contribution < -0.4 is 0 Å². The van der Waals surface area contributed by atoms with Gasteiger partial charge in [-0.2, -0.15) is 0 Å². The Bertz CT molecular complexity index is 691. The minimum atomic E-state index is 0.193. The van der Waals surface area contributed by atoms with E-state index in [1.165, 1.54) is 0 Å². The third kappa shape index (κ3) is 3.69. The van der Waals surface area contributed by atoms with Gasteiger partial charge in [-0.3, -0.25) is 4.79 Å². The first-order valence-electron chi connectivity index (χ1n) is 8.82. The van der Waals surface area contributed by atoms with Gasteiger partial charge in [0.15, 0.2) is 0 Å². The number of carbonyl (C=O) groups is 1.